The van der Waals surface area contributed by atoms with E-state index in [1.807, 2.05) is 25.1 Å². The number of rotatable bonds is 5. The van der Waals surface area contributed by atoms with Gasteiger partial charge >= 0.3 is 0 Å². The molecule has 2 atom stereocenters. The predicted octanol–water partition coefficient (Wildman–Crippen LogP) is 2.92. The van der Waals surface area contributed by atoms with Gasteiger partial charge in [0.1, 0.15) is 6.04 Å². The fourth-order valence-electron chi connectivity index (χ4n) is 3.79. The largest absolute Gasteiger partial charge is 0.378 e. The summed E-state index contributed by atoms with van der Waals surface area (Å²) in [6, 6.07) is 16.9. The van der Waals surface area contributed by atoms with Crippen molar-refractivity contribution in [3.8, 4) is 0 Å². The standard InChI is InChI=1S/C23H27N3O3S/c1-17(18-7-9-20(10-8-18)25-11-13-29-14-12-25)24-22(27)21-15-30-16-26(21)23(28)19-5-3-2-4-6-19/h2-10,17,21H,11-16H2,1H3,(H,24,27). The van der Waals surface area contributed by atoms with Crippen molar-refractivity contribution in [2.45, 2.75) is 19.0 Å². The highest BCUT2D eigenvalue weighted by Gasteiger charge is 2.35. The highest BCUT2D eigenvalue weighted by molar-refractivity contribution is 7.99. The summed E-state index contributed by atoms with van der Waals surface area (Å²) in [7, 11) is 0. The lowest BCUT2D eigenvalue weighted by Crippen LogP contribution is -2.47. The number of carbonyl (C=O) groups is 2. The Labute approximate surface area is 181 Å². The average Bonchev–Trinajstić information content (AvgIpc) is 3.30. The Morgan fingerprint density at radius 1 is 1.07 bits per heavy atom. The van der Waals surface area contributed by atoms with Gasteiger partial charge in [-0.2, -0.15) is 0 Å². The number of carbonyl (C=O) groups excluding carboxylic acids is 2. The molecule has 2 amide bonds. The van der Waals surface area contributed by atoms with Crippen molar-refractivity contribution in [1.29, 1.82) is 0 Å². The number of amides is 2. The van der Waals surface area contributed by atoms with E-state index >= 15 is 0 Å². The molecule has 0 radical (unpaired) electrons. The number of morpholine rings is 1. The minimum atomic E-state index is -0.447. The molecule has 1 N–H and O–H groups in total. The van der Waals surface area contributed by atoms with E-state index in [1.165, 1.54) is 5.69 Å². The van der Waals surface area contributed by atoms with E-state index in [0.717, 1.165) is 31.9 Å². The van der Waals surface area contributed by atoms with Crippen LogP contribution in [0.4, 0.5) is 5.69 Å². The van der Waals surface area contributed by atoms with Gasteiger partial charge in [0.05, 0.1) is 25.1 Å². The van der Waals surface area contributed by atoms with Gasteiger partial charge < -0.3 is 19.9 Å². The zero-order valence-corrected chi connectivity index (χ0v) is 17.9. The van der Waals surface area contributed by atoms with Crippen molar-refractivity contribution in [2.75, 3.05) is 42.8 Å². The van der Waals surface area contributed by atoms with Crippen LogP contribution in [0.15, 0.2) is 54.6 Å². The molecule has 158 valence electrons. The van der Waals surface area contributed by atoms with Crippen molar-refractivity contribution in [1.82, 2.24) is 10.2 Å². The lowest BCUT2D eigenvalue weighted by Gasteiger charge is -2.29. The summed E-state index contributed by atoms with van der Waals surface area (Å²) in [4.78, 5) is 29.7. The molecule has 4 rings (SSSR count). The third-order valence-electron chi connectivity index (χ3n) is 5.59. The van der Waals surface area contributed by atoms with Gasteiger partial charge in [-0.25, -0.2) is 0 Å². The van der Waals surface area contributed by atoms with Crippen LogP contribution in [-0.4, -0.2) is 60.7 Å². The second-order valence-corrected chi connectivity index (χ2v) is 8.58. The van der Waals surface area contributed by atoms with Crippen molar-refractivity contribution in [3.05, 3.63) is 65.7 Å². The zero-order valence-electron chi connectivity index (χ0n) is 17.1. The molecule has 2 heterocycles. The van der Waals surface area contributed by atoms with Gasteiger partial charge in [-0.05, 0) is 36.8 Å². The molecule has 0 saturated carbocycles. The summed E-state index contributed by atoms with van der Waals surface area (Å²) in [6.07, 6.45) is 0. The zero-order chi connectivity index (χ0) is 20.9. The van der Waals surface area contributed by atoms with Crippen LogP contribution in [0, 0.1) is 0 Å². The average molecular weight is 426 g/mol. The van der Waals surface area contributed by atoms with Gasteiger partial charge in [0, 0.05) is 30.1 Å². The Kier molecular flexibility index (Phi) is 6.59. The number of hydrogen-bond acceptors (Lipinski definition) is 5. The van der Waals surface area contributed by atoms with Crippen LogP contribution >= 0.6 is 11.8 Å². The predicted molar refractivity (Wildman–Crippen MR) is 120 cm³/mol. The van der Waals surface area contributed by atoms with Crippen LogP contribution in [0.2, 0.25) is 0 Å². The number of nitrogens with zero attached hydrogens (tertiary/aromatic N) is 2. The molecule has 7 heteroatoms. The Bertz CT molecular complexity index is 869. The fraction of sp³-hybridized carbons (Fsp3) is 0.391. The van der Waals surface area contributed by atoms with E-state index in [1.54, 1.807) is 28.8 Å². The number of hydrogen-bond donors (Lipinski definition) is 1. The SMILES string of the molecule is CC(NC(=O)C1CSCN1C(=O)c1ccccc1)c1ccc(N2CCOCC2)cc1. The highest BCUT2D eigenvalue weighted by Crippen LogP contribution is 2.25. The van der Waals surface area contributed by atoms with Crippen molar-refractivity contribution in [3.63, 3.8) is 0 Å². The molecular weight excluding hydrogens is 398 g/mol. The molecule has 2 saturated heterocycles. The maximum absolute atomic E-state index is 12.9. The smallest absolute Gasteiger partial charge is 0.255 e. The first-order valence-corrected chi connectivity index (χ1v) is 11.5. The summed E-state index contributed by atoms with van der Waals surface area (Å²) >= 11 is 1.61. The minimum Gasteiger partial charge on any atom is -0.378 e. The van der Waals surface area contributed by atoms with E-state index < -0.39 is 6.04 Å². The Hall–Kier alpha value is -2.51. The molecule has 30 heavy (non-hydrogen) atoms. The van der Waals surface area contributed by atoms with E-state index in [4.69, 9.17) is 4.74 Å². The molecule has 2 aliphatic rings. The van der Waals surface area contributed by atoms with Gasteiger partial charge in [-0.1, -0.05) is 30.3 Å². The molecule has 2 unspecified atom stereocenters. The Balaban J connectivity index is 1.38. The molecule has 2 fully saturated rings. The van der Waals surface area contributed by atoms with Gasteiger partial charge in [0.2, 0.25) is 5.91 Å². The third kappa shape index (κ3) is 4.63. The lowest BCUT2D eigenvalue weighted by molar-refractivity contribution is -0.125. The van der Waals surface area contributed by atoms with E-state index in [0.29, 0.717) is 17.2 Å². The molecule has 2 aliphatic heterocycles. The van der Waals surface area contributed by atoms with Crippen LogP contribution in [0.1, 0.15) is 28.9 Å². The lowest BCUT2D eigenvalue weighted by atomic mass is 10.1. The molecule has 0 aromatic heterocycles. The Morgan fingerprint density at radius 2 is 1.77 bits per heavy atom. The summed E-state index contributed by atoms with van der Waals surface area (Å²) < 4.78 is 5.41. The molecule has 2 aromatic rings. The van der Waals surface area contributed by atoms with Crippen LogP contribution in [0.3, 0.4) is 0 Å². The first-order valence-electron chi connectivity index (χ1n) is 10.3. The van der Waals surface area contributed by atoms with Crippen molar-refractivity contribution >= 4 is 29.3 Å². The molecule has 0 bridgehead atoms. The Morgan fingerprint density at radius 3 is 2.47 bits per heavy atom. The van der Waals surface area contributed by atoms with Gasteiger partial charge in [-0.3, -0.25) is 9.59 Å². The van der Waals surface area contributed by atoms with E-state index in [9.17, 15) is 9.59 Å². The summed E-state index contributed by atoms with van der Waals surface area (Å²) in [5.74, 6) is 0.957. The minimum absolute atomic E-state index is 0.0942. The maximum atomic E-state index is 12.9. The summed E-state index contributed by atoms with van der Waals surface area (Å²) in [5.41, 5.74) is 2.84. The van der Waals surface area contributed by atoms with Crippen LogP contribution < -0.4 is 10.2 Å². The van der Waals surface area contributed by atoms with Crippen molar-refractivity contribution in [2.24, 2.45) is 0 Å². The van der Waals surface area contributed by atoms with Gasteiger partial charge in [-0.15, -0.1) is 11.8 Å². The normalized spacial score (nSPS) is 20.1. The highest BCUT2D eigenvalue weighted by atomic mass is 32.2. The topological polar surface area (TPSA) is 61.9 Å². The second-order valence-electron chi connectivity index (χ2n) is 7.58. The number of ether oxygens (including phenoxy) is 1. The fourth-order valence-corrected chi connectivity index (χ4v) is 4.95. The van der Waals surface area contributed by atoms with Crippen molar-refractivity contribution < 1.29 is 14.3 Å². The molecular formula is C23H27N3O3S. The van der Waals surface area contributed by atoms with Gasteiger partial charge in [0.15, 0.2) is 0 Å². The van der Waals surface area contributed by atoms with Crippen LogP contribution in [0.5, 0.6) is 0 Å². The molecule has 0 aliphatic carbocycles. The van der Waals surface area contributed by atoms with Crippen LogP contribution in [0.25, 0.3) is 0 Å². The molecule has 0 spiro atoms. The van der Waals surface area contributed by atoms with E-state index in [2.05, 4.69) is 34.5 Å². The monoisotopic (exact) mass is 425 g/mol. The first-order chi connectivity index (χ1) is 14.6. The number of nitrogens with one attached hydrogen (secondary N) is 1. The quantitative estimate of drug-likeness (QED) is 0.798. The van der Waals surface area contributed by atoms with Crippen LogP contribution in [-0.2, 0) is 9.53 Å². The number of anilines is 1. The third-order valence-corrected chi connectivity index (χ3v) is 6.61. The van der Waals surface area contributed by atoms with Gasteiger partial charge in [0.25, 0.3) is 5.91 Å². The van der Waals surface area contributed by atoms with E-state index in [-0.39, 0.29) is 17.9 Å². The summed E-state index contributed by atoms with van der Waals surface area (Å²) in [6.45, 7) is 5.29. The number of benzene rings is 2. The maximum Gasteiger partial charge on any atom is 0.255 e. The number of thioether (sulfide) groups is 1. The first kappa shape index (κ1) is 20.8. The summed E-state index contributed by atoms with van der Waals surface area (Å²) in [5, 5.41) is 3.09. The second kappa shape index (κ2) is 9.53. The molecule has 6 nitrogen and oxygen atoms in total. The molecule has 2 aromatic carbocycles.